The summed E-state index contributed by atoms with van der Waals surface area (Å²) in [6, 6.07) is -8.90. The fourth-order valence-corrected chi connectivity index (χ4v) is 14.0. The van der Waals surface area contributed by atoms with E-state index in [2.05, 4.69) is 16.0 Å². The van der Waals surface area contributed by atoms with Crippen LogP contribution in [-0.2, 0) is 52.7 Å². The van der Waals surface area contributed by atoms with E-state index in [0.29, 0.717) is 32.1 Å². The third-order valence-electron chi connectivity index (χ3n) is 20.4. The number of amides is 11. The zero-order valence-electron chi connectivity index (χ0n) is 58.6. The lowest BCUT2D eigenvalue weighted by molar-refractivity contribution is -0.184. The molecule has 4 aliphatic rings. The third kappa shape index (κ3) is 23.0. The van der Waals surface area contributed by atoms with E-state index in [1.807, 2.05) is 20.8 Å². The topological polar surface area (TPSA) is 250 Å². The first kappa shape index (κ1) is 79.7. The number of hydrogen-bond donors (Lipinski definition) is 3. The Bertz CT molecular complexity index is 2560. The van der Waals surface area contributed by atoms with Crippen LogP contribution in [0.15, 0.2) is 0 Å². The summed E-state index contributed by atoms with van der Waals surface area (Å²) in [6.45, 7) is 12.4. The van der Waals surface area contributed by atoms with Crippen LogP contribution in [-0.4, -0.2) is 240 Å². The molecule has 3 saturated carbocycles. The van der Waals surface area contributed by atoms with Crippen molar-refractivity contribution in [2.45, 2.75) is 244 Å². The number of alkyl halides is 4. The average Bonchev–Trinajstić information content (AvgIpc) is 0.838. The zero-order valence-corrected chi connectivity index (χ0v) is 59.3. The molecule has 26 heteroatoms. The van der Waals surface area contributed by atoms with Gasteiger partial charge < -0.3 is 55.1 Å². The van der Waals surface area contributed by atoms with Gasteiger partial charge in [-0.05, 0) is 133 Å². The van der Waals surface area contributed by atoms with Gasteiger partial charge in [-0.3, -0.25) is 52.7 Å². The SMILES string of the molecule is CC[C@H](C)[C@@H]1NC(=O)[C@H](C)N(C)C(=O)C[C@@H](C)NC(=O)[C@H](C(C)C)N(C)C(=O)[C@H](CC2CCCCC2)N(C)C(=O)[C@H](CC(C)C)N(C)C(=O)[C@H](CCC2CCC(C(F)(F)F)CC2)NC(=O)CN(C)C(=O)[C@H](CC2CCC(Cl)CC2)N(C)C(=O)CN(C)C(=O)CN(C)C1=O. The van der Waals surface area contributed by atoms with Gasteiger partial charge in [0.2, 0.25) is 65.0 Å². The summed E-state index contributed by atoms with van der Waals surface area (Å²) in [4.78, 5) is 170. The second-order valence-electron chi connectivity index (χ2n) is 28.6. The number of carbonyl (C=O) groups is 11. The molecule has 530 valence electrons. The predicted molar refractivity (Wildman–Crippen MR) is 349 cm³/mol. The largest absolute Gasteiger partial charge is 0.391 e. The predicted octanol–water partition coefficient (Wildman–Crippen LogP) is 6.45. The van der Waals surface area contributed by atoms with Crippen molar-refractivity contribution in [1.29, 1.82) is 0 Å². The van der Waals surface area contributed by atoms with Gasteiger partial charge in [-0.1, -0.05) is 80.1 Å². The molecule has 0 aromatic heterocycles. The second-order valence-corrected chi connectivity index (χ2v) is 29.2. The molecule has 0 radical (unpaired) electrons. The van der Waals surface area contributed by atoms with Crippen molar-refractivity contribution in [1.82, 2.24) is 55.1 Å². The van der Waals surface area contributed by atoms with Crippen LogP contribution in [0.4, 0.5) is 13.2 Å². The fourth-order valence-electron chi connectivity index (χ4n) is 13.8. The molecule has 1 saturated heterocycles. The molecule has 3 aliphatic carbocycles. The van der Waals surface area contributed by atoms with Gasteiger partial charge in [0.1, 0.15) is 42.3 Å². The Balaban J connectivity index is 1.83. The molecule has 0 bridgehead atoms. The van der Waals surface area contributed by atoms with E-state index < -0.39 is 157 Å². The highest BCUT2D eigenvalue weighted by Gasteiger charge is 2.45. The fraction of sp³-hybridized carbons (Fsp3) is 0.836. The number of nitrogens with one attached hydrogen (secondary N) is 3. The monoisotopic (exact) mass is 1340 g/mol. The number of carbonyl (C=O) groups excluding carboxylic acids is 11. The standard InChI is InChI=1S/C67H113ClF3N11O11/c1-17-42(6)58-66(93)77(11)38-56(85)75(9)39-57(86)79(13)52(36-47-25-30-49(68)31-26-47)63(90)76(10)37-54(83)73-50(32-27-45-23-28-48(29-24-45)67(69,70)71)62(89)80(14)51(33-40(2)3)64(91)81(15)53(35-46-21-19-18-20-22-46)65(92)82(16)59(41(4)5)61(88)72-43(7)34-55(84)78(12)44(8)60(87)74-58/h40-53,58-59H,17-39H2,1-16H3,(H,72,88)(H,73,83)(H,74,87)/t42-,43+,44-,45?,47?,48?,49?,50-,51-,52-,53-,58-,59-/m0/s1. The van der Waals surface area contributed by atoms with Gasteiger partial charge in [0.05, 0.1) is 25.6 Å². The van der Waals surface area contributed by atoms with Crippen LogP contribution in [0.3, 0.4) is 0 Å². The quantitative estimate of drug-likeness (QED) is 0.179. The molecule has 22 nitrogen and oxygen atoms in total. The smallest absolute Gasteiger partial charge is 0.351 e. The van der Waals surface area contributed by atoms with Crippen LogP contribution in [0.5, 0.6) is 0 Å². The maximum Gasteiger partial charge on any atom is 0.391 e. The van der Waals surface area contributed by atoms with Crippen LogP contribution < -0.4 is 16.0 Å². The van der Waals surface area contributed by atoms with Crippen LogP contribution in [0.1, 0.15) is 184 Å². The van der Waals surface area contributed by atoms with E-state index in [9.17, 15) is 51.5 Å². The van der Waals surface area contributed by atoms with Crippen molar-refractivity contribution in [3.05, 3.63) is 0 Å². The van der Waals surface area contributed by atoms with Crippen LogP contribution in [0, 0.1) is 41.4 Å². The van der Waals surface area contributed by atoms with Gasteiger partial charge in [0.15, 0.2) is 0 Å². The number of nitrogens with zero attached hydrogens (tertiary/aromatic N) is 8. The Morgan fingerprint density at radius 1 is 0.505 bits per heavy atom. The van der Waals surface area contributed by atoms with Gasteiger partial charge in [-0.2, -0.15) is 13.2 Å². The molecular formula is C67H113ClF3N11O11. The molecule has 11 amide bonds. The van der Waals surface area contributed by atoms with Crippen molar-refractivity contribution < 1.29 is 65.9 Å². The molecule has 3 N–H and O–H groups in total. The second kappa shape index (κ2) is 36.4. The van der Waals surface area contributed by atoms with E-state index >= 15 is 14.4 Å². The van der Waals surface area contributed by atoms with Crippen LogP contribution >= 0.6 is 11.6 Å². The Morgan fingerprint density at radius 2 is 1.02 bits per heavy atom. The Kier molecular flexibility index (Phi) is 31.2. The zero-order chi connectivity index (χ0) is 70.1. The molecule has 0 unspecified atom stereocenters. The normalized spacial score (nSPS) is 30.1. The van der Waals surface area contributed by atoms with E-state index in [1.165, 1.54) is 87.8 Å². The number of rotatable bonds is 12. The molecule has 0 spiro atoms. The lowest BCUT2D eigenvalue weighted by Gasteiger charge is -2.40. The lowest BCUT2D eigenvalue weighted by Crippen LogP contribution is -2.60. The summed E-state index contributed by atoms with van der Waals surface area (Å²) in [7, 11) is 11.5. The first-order valence-electron chi connectivity index (χ1n) is 34.1. The number of halogens is 4. The molecule has 0 aromatic carbocycles. The Morgan fingerprint density at radius 3 is 1.57 bits per heavy atom. The minimum atomic E-state index is -4.35. The summed E-state index contributed by atoms with van der Waals surface area (Å²) in [5, 5.41) is 8.47. The minimum Gasteiger partial charge on any atom is -0.351 e. The van der Waals surface area contributed by atoms with Crippen molar-refractivity contribution in [3.8, 4) is 0 Å². The van der Waals surface area contributed by atoms with Gasteiger partial charge in [-0.25, -0.2) is 0 Å². The highest BCUT2D eigenvalue weighted by atomic mass is 35.5. The molecule has 9 atom stereocenters. The lowest BCUT2D eigenvalue weighted by atomic mass is 9.79. The summed E-state index contributed by atoms with van der Waals surface area (Å²) in [5.74, 6) is -9.52. The summed E-state index contributed by atoms with van der Waals surface area (Å²) in [5.41, 5.74) is 0. The molecule has 4 rings (SSSR count). The highest BCUT2D eigenvalue weighted by Crippen LogP contribution is 2.41. The third-order valence-corrected chi connectivity index (χ3v) is 20.9. The molecule has 1 aliphatic heterocycles. The van der Waals surface area contributed by atoms with E-state index in [4.69, 9.17) is 11.6 Å². The van der Waals surface area contributed by atoms with Crippen molar-refractivity contribution >= 4 is 76.6 Å². The molecule has 93 heavy (non-hydrogen) atoms. The van der Waals surface area contributed by atoms with Gasteiger partial charge in [-0.15, -0.1) is 11.6 Å². The molecule has 1 heterocycles. The van der Waals surface area contributed by atoms with E-state index in [0.717, 1.165) is 46.8 Å². The van der Waals surface area contributed by atoms with Crippen molar-refractivity contribution in [3.63, 3.8) is 0 Å². The first-order chi connectivity index (χ1) is 43.4. The maximum atomic E-state index is 15.4. The van der Waals surface area contributed by atoms with Crippen molar-refractivity contribution in [2.75, 3.05) is 76.0 Å². The van der Waals surface area contributed by atoms with Crippen LogP contribution in [0.2, 0.25) is 0 Å². The van der Waals surface area contributed by atoms with Crippen molar-refractivity contribution in [2.24, 2.45) is 41.4 Å². The van der Waals surface area contributed by atoms with Crippen LogP contribution in [0.25, 0.3) is 0 Å². The highest BCUT2D eigenvalue weighted by molar-refractivity contribution is 6.20. The summed E-state index contributed by atoms with van der Waals surface area (Å²) < 4.78 is 41.5. The number of likely N-dealkylation sites (N-methyl/N-ethyl adjacent to an activating group) is 8. The van der Waals surface area contributed by atoms with Gasteiger partial charge in [0.25, 0.3) is 0 Å². The Labute approximate surface area is 556 Å². The Hall–Kier alpha value is -5.75. The average molecular weight is 1340 g/mol. The summed E-state index contributed by atoms with van der Waals surface area (Å²) >= 11 is 6.50. The van der Waals surface area contributed by atoms with E-state index in [1.54, 1.807) is 27.7 Å². The van der Waals surface area contributed by atoms with Gasteiger partial charge >= 0.3 is 6.18 Å². The first-order valence-corrected chi connectivity index (χ1v) is 34.5. The number of hydrogen-bond acceptors (Lipinski definition) is 11. The van der Waals surface area contributed by atoms with Gasteiger partial charge in [0, 0.05) is 74.2 Å². The molecule has 0 aromatic rings. The van der Waals surface area contributed by atoms with E-state index in [-0.39, 0.29) is 93.3 Å². The molecular weight excluding hydrogens is 1230 g/mol. The summed E-state index contributed by atoms with van der Waals surface area (Å²) in [6.07, 6.45) is 4.07. The molecule has 4 fully saturated rings. The minimum absolute atomic E-state index is 0.0184. The maximum absolute atomic E-state index is 15.4.